The van der Waals surface area contributed by atoms with Crippen molar-refractivity contribution in [1.29, 1.82) is 0 Å². The van der Waals surface area contributed by atoms with E-state index in [4.69, 9.17) is 11.6 Å². The first-order chi connectivity index (χ1) is 11.5. The molecule has 4 nitrogen and oxygen atoms in total. The smallest absolute Gasteiger partial charge is 0.247 e. The molecule has 0 heterocycles. The van der Waals surface area contributed by atoms with E-state index >= 15 is 0 Å². The fraction of sp³-hybridized carbons (Fsp3) is 0.263. The average Bonchev–Trinajstić information content (AvgIpc) is 2.57. The molecular weight excluding hydrogens is 324 g/mol. The molecule has 0 aliphatic rings. The molecule has 0 aromatic heterocycles. The number of carbonyl (C=O) groups is 2. The molecule has 0 saturated heterocycles. The quantitative estimate of drug-likeness (QED) is 0.871. The predicted octanol–water partition coefficient (Wildman–Crippen LogP) is 3.57. The third-order valence-corrected chi connectivity index (χ3v) is 3.95. The number of likely N-dealkylation sites (N-methyl/N-ethyl adjacent to an activating group) is 1. The van der Waals surface area contributed by atoms with Gasteiger partial charge in [0.05, 0.1) is 0 Å². The molecule has 2 rings (SSSR count). The van der Waals surface area contributed by atoms with Crippen molar-refractivity contribution in [2.75, 3.05) is 6.54 Å². The lowest BCUT2D eigenvalue weighted by molar-refractivity contribution is -0.140. The average molecular weight is 345 g/mol. The molecule has 1 unspecified atom stereocenters. The Morgan fingerprint density at radius 2 is 1.71 bits per heavy atom. The van der Waals surface area contributed by atoms with E-state index in [1.807, 2.05) is 49.4 Å². The van der Waals surface area contributed by atoms with E-state index in [2.05, 4.69) is 5.32 Å². The van der Waals surface area contributed by atoms with E-state index in [-0.39, 0.29) is 11.8 Å². The van der Waals surface area contributed by atoms with Gasteiger partial charge in [-0.3, -0.25) is 9.59 Å². The number of carbonyl (C=O) groups excluding carboxylic acids is 2. The first kappa shape index (κ1) is 18.0. The van der Waals surface area contributed by atoms with Crippen LogP contribution in [0.4, 0.5) is 0 Å². The molecule has 0 aliphatic carbocycles. The molecule has 2 aromatic carbocycles. The van der Waals surface area contributed by atoms with Crippen molar-refractivity contribution in [1.82, 2.24) is 10.2 Å². The number of amides is 2. The topological polar surface area (TPSA) is 49.4 Å². The Bertz CT molecular complexity index is 686. The first-order valence-electron chi connectivity index (χ1n) is 7.87. The summed E-state index contributed by atoms with van der Waals surface area (Å²) < 4.78 is 0. The Hall–Kier alpha value is -2.33. The summed E-state index contributed by atoms with van der Waals surface area (Å²) in [6.45, 7) is 4.18. The van der Waals surface area contributed by atoms with Gasteiger partial charge in [-0.05, 0) is 30.2 Å². The van der Waals surface area contributed by atoms with Crippen LogP contribution in [0.15, 0.2) is 54.6 Å². The maximum Gasteiger partial charge on any atom is 0.247 e. The van der Waals surface area contributed by atoms with Gasteiger partial charge in [-0.2, -0.15) is 0 Å². The fourth-order valence-corrected chi connectivity index (χ4v) is 2.68. The summed E-state index contributed by atoms with van der Waals surface area (Å²) in [5.74, 6) is -0.349. The van der Waals surface area contributed by atoms with Gasteiger partial charge in [-0.1, -0.05) is 54.1 Å². The zero-order chi connectivity index (χ0) is 17.5. The minimum Gasteiger partial charge on any atom is -0.354 e. The van der Waals surface area contributed by atoms with Crippen LogP contribution in [0.25, 0.3) is 0 Å². The van der Waals surface area contributed by atoms with Crippen LogP contribution in [-0.2, 0) is 16.1 Å². The van der Waals surface area contributed by atoms with E-state index in [1.165, 1.54) is 6.92 Å². The van der Waals surface area contributed by atoms with Crippen molar-refractivity contribution < 1.29 is 9.59 Å². The van der Waals surface area contributed by atoms with Gasteiger partial charge in [0.2, 0.25) is 11.8 Å². The second-order valence-electron chi connectivity index (χ2n) is 5.48. The highest BCUT2D eigenvalue weighted by molar-refractivity contribution is 6.30. The molecule has 0 fully saturated rings. The molecule has 2 aromatic rings. The zero-order valence-electron chi connectivity index (χ0n) is 13.8. The predicted molar refractivity (Wildman–Crippen MR) is 95.5 cm³/mol. The van der Waals surface area contributed by atoms with Crippen LogP contribution in [0.1, 0.15) is 31.0 Å². The van der Waals surface area contributed by atoms with E-state index in [0.717, 1.165) is 11.1 Å². The fourth-order valence-electron chi connectivity index (χ4n) is 2.55. The van der Waals surface area contributed by atoms with Crippen LogP contribution in [0.5, 0.6) is 0 Å². The number of hydrogen-bond acceptors (Lipinski definition) is 2. The summed E-state index contributed by atoms with van der Waals surface area (Å²) in [5.41, 5.74) is 1.70. The van der Waals surface area contributed by atoms with Gasteiger partial charge >= 0.3 is 0 Å². The summed E-state index contributed by atoms with van der Waals surface area (Å²) >= 11 is 5.92. The van der Waals surface area contributed by atoms with E-state index in [9.17, 15) is 9.59 Å². The molecule has 5 heteroatoms. The molecule has 1 N–H and O–H groups in total. The van der Waals surface area contributed by atoms with Crippen LogP contribution in [0, 0.1) is 0 Å². The lowest BCUT2D eigenvalue weighted by Crippen LogP contribution is -2.42. The maximum atomic E-state index is 12.6. The number of halogens is 1. The minimum atomic E-state index is -0.667. The second-order valence-corrected chi connectivity index (χ2v) is 5.92. The largest absolute Gasteiger partial charge is 0.354 e. The molecule has 0 saturated carbocycles. The Kier molecular flexibility index (Phi) is 6.38. The molecular formula is C19H21ClN2O2. The lowest BCUT2D eigenvalue weighted by Gasteiger charge is -2.30. The highest BCUT2D eigenvalue weighted by atomic mass is 35.5. The van der Waals surface area contributed by atoms with Crippen LogP contribution in [-0.4, -0.2) is 23.3 Å². The molecule has 0 spiro atoms. The van der Waals surface area contributed by atoms with Gasteiger partial charge in [-0.25, -0.2) is 0 Å². The second kappa shape index (κ2) is 8.50. The van der Waals surface area contributed by atoms with Crippen molar-refractivity contribution in [3.05, 3.63) is 70.7 Å². The molecule has 0 aliphatic heterocycles. The standard InChI is InChI=1S/C19H21ClN2O2/c1-3-21-19(24)18(16-7-5-4-6-8-16)22(14(2)23)13-15-9-11-17(20)12-10-15/h4-12,18H,3,13H2,1-2H3,(H,21,24). The highest BCUT2D eigenvalue weighted by Gasteiger charge is 2.29. The number of hydrogen-bond donors (Lipinski definition) is 1. The third-order valence-electron chi connectivity index (χ3n) is 3.70. The highest BCUT2D eigenvalue weighted by Crippen LogP contribution is 2.24. The Morgan fingerprint density at radius 3 is 2.25 bits per heavy atom. The van der Waals surface area contributed by atoms with Crippen molar-refractivity contribution >= 4 is 23.4 Å². The normalized spacial score (nSPS) is 11.6. The molecule has 126 valence electrons. The Morgan fingerprint density at radius 1 is 1.08 bits per heavy atom. The number of nitrogens with one attached hydrogen (secondary N) is 1. The molecule has 1 atom stereocenters. The molecule has 2 amide bonds. The molecule has 0 radical (unpaired) electrons. The maximum absolute atomic E-state index is 12.6. The molecule has 24 heavy (non-hydrogen) atoms. The zero-order valence-corrected chi connectivity index (χ0v) is 14.6. The van der Waals surface area contributed by atoms with Gasteiger partial charge in [0.15, 0.2) is 0 Å². The number of nitrogens with zero attached hydrogens (tertiary/aromatic N) is 1. The van der Waals surface area contributed by atoms with Crippen molar-refractivity contribution in [2.24, 2.45) is 0 Å². The van der Waals surface area contributed by atoms with Crippen LogP contribution in [0.3, 0.4) is 0 Å². The van der Waals surface area contributed by atoms with Gasteiger partial charge in [0.1, 0.15) is 6.04 Å². The summed E-state index contributed by atoms with van der Waals surface area (Å²) in [7, 11) is 0. The molecule has 0 bridgehead atoms. The van der Waals surface area contributed by atoms with Gasteiger partial charge in [0.25, 0.3) is 0 Å². The van der Waals surface area contributed by atoms with E-state index < -0.39 is 6.04 Å². The van der Waals surface area contributed by atoms with Crippen LogP contribution in [0.2, 0.25) is 5.02 Å². The Balaban J connectivity index is 2.36. The van der Waals surface area contributed by atoms with Crippen molar-refractivity contribution in [2.45, 2.75) is 26.4 Å². The van der Waals surface area contributed by atoms with Gasteiger partial charge in [-0.15, -0.1) is 0 Å². The summed E-state index contributed by atoms with van der Waals surface area (Å²) in [5, 5.41) is 3.46. The third kappa shape index (κ3) is 4.59. The lowest BCUT2D eigenvalue weighted by atomic mass is 10.0. The summed E-state index contributed by atoms with van der Waals surface area (Å²) in [6, 6.07) is 15.9. The van der Waals surface area contributed by atoms with Gasteiger partial charge in [0, 0.05) is 25.0 Å². The monoisotopic (exact) mass is 344 g/mol. The Labute approximate surface area is 147 Å². The summed E-state index contributed by atoms with van der Waals surface area (Å²) in [6.07, 6.45) is 0. The van der Waals surface area contributed by atoms with Gasteiger partial charge < -0.3 is 10.2 Å². The minimum absolute atomic E-state index is 0.162. The van der Waals surface area contributed by atoms with E-state index in [0.29, 0.717) is 18.1 Å². The SMILES string of the molecule is CCNC(=O)C(c1ccccc1)N(Cc1ccc(Cl)cc1)C(C)=O. The van der Waals surface area contributed by atoms with Crippen LogP contribution >= 0.6 is 11.6 Å². The van der Waals surface area contributed by atoms with Crippen molar-refractivity contribution in [3.63, 3.8) is 0 Å². The summed E-state index contributed by atoms with van der Waals surface area (Å²) in [4.78, 5) is 26.4. The number of rotatable bonds is 6. The van der Waals surface area contributed by atoms with E-state index in [1.54, 1.807) is 17.0 Å². The van der Waals surface area contributed by atoms with Crippen LogP contribution < -0.4 is 5.32 Å². The van der Waals surface area contributed by atoms with Crippen molar-refractivity contribution in [3.8, 4) is 0 Å². The first-order valence-corrected chi connectivity index (χ1v) is 8.25. The number of benzene rings is 2.